The highest BCUT2D eigenvalue weighted by molar-refractivity contribution is 7.89. The van der Waals surface area contributed by atoms with Crippen molar-refractivity contribution in [2.45, 2.75) is 38.2 Å². The maximum Gasteiger partial charge on any atom is 0.338 e. The van der Waals surface area contributed by atoms with Crippen LogP contribution >= 0.6 is 0 Å². The summed E-state index contributed by atoms with van der Waals surface area (Å²) in [7, 11) is -3.65. The predicted molar refractivity (Wildman–Crippen MR) is 126 cm³/mol. The molecule has 2 aromatic carbocycles. The Bertz CT molecular complexity index is 1370. The van der Waals surface area contributed by atoms with Crippen LogP contribution in [0.4, 0.5) is 0 Å². The molecule has 1 fully saturated rings. The Morgan fingerprint density at radius 1 is 1.09 bits per heavy atom. The van der Waals surface area contributed by atoms with E-state index in [0.29, 0.717) is 42.8 Å². The zero-order valence-electron chi connectivity index (χ0n) is 19.4. The molecule has 1 saturated heterocycles. The molecule has 9 heteroatoms. The fraction of sp³-hybridized carbons (Fsp3) is 0.360. The molecule has 180 valence electrons. The van der Waals surface area contributed by atoms with Crippen molar-refractivity contribution in [1.29, 1.82) is 0 Å². The Balaban J connectivity index is 1.53. The van der Waals surface area contributed by atoms with Crippen LogP contribution in [0, 0.1) is 6.92 Å². The largest absolute Gasteiger partial charge is 0.457 e. The number of morpholine rings is 1. The average Bonchev–Trinajstić information content (AvgIpc) is 2.82. The number of esters is 1. The number of sulfonamides is 1. The Hall–Kier alpha value is -3.01. The van der Waals surface area contributed by atoms with E-state index in [1.165, 1.54) is 34.6 Å². The minimum atomic E-state index is -3.65. The second-order valence-electron chi connectivity index (χ2n) is 8.57. The van der Waals surface area contributed by atoms with Gasteiger partial charge in [0.1, 0.15) is 12.2 Å². The zero-order valence-corrected chi connectivity index (χ0v) is 20.2. The first-order chi connectivity index (χ1) is 16.2. The lowest BCUT2D eigenvalue weighted by Gasteiger charge is -2.26. The van der Waals surface area contributed by atoms with E-state index in [1.807, 2.05) is 19.1 Å². The van der Waals surface area contributed by atoms with Crippen LogP contribution in [0.15, 0.2) is 56.6 Å². The van der Waals surface area contributed by atoms with Crippen LogP contribution < -0.4 is 5.63 Å². The van der Waals surface area contributed by atoms with Crippen LogP contribution in [0.25, 0.3) is 11.0 Å². The fourth-order valence-corrected chi connectivity index (χ4v) is 5.47. The van der Waals surface area contributed by atoms with Gasteiger partial charge in [-0.1, -0.05) is 13.8 Å². The minimum absolute atomic E-state index is 0.106. The van der Waals surface area contributed by atoms with Gasteiger partial charge in [0, 0.05) is 30.1 Å². The van der Waals surface area contributed by atoms with Gasteiger partial charge in [-0.05, 0) is 60.4 Å². The summed E-state index contributed by atoms with van der Waals surface area (Å²) in [5.74, 6) is -0.341. The van der Waals surface area contributed by atoms with E-state index in [2.05, 4.69) is 13.8 Å². The third-order valence-electron chi connectivity index (χ3n) is 5.90. The molecule has 1 aliphatic rings. The molecule has 3 aromatic rings. The van der Waals surface area contributed by atoms with Gasteiger partial charge in [0.2, 0.25) is 10.0 Å². The number of rotatable bonds is 6. The maximum absolute atomic E-state index is 12.8. The number of aryl methyl sites for hydroxylation is 1. The van der Waals surface area contributed by atoms with Crippen molar-refractivity contribution in [3.05, 3.63) is 75.1 Å². The van der Waals surface area contributed by atoms with Gasteiger partial charge in [0.25, 0.3) is 0 Å². The second kappa shape index (κ2) is 9.69. The third kappa shape index (κ3) is 4.91. The van der Waals surface area contributed by atoms with E-state index in [9.17, 15) is 18.0 Å². The summed E-state index contributed by atoms with van der Waals surface area (Å²) in [6, 6.07) is 10.8. The summed E-state index contributed by atoms with van der Waals surface area (Å²) in [6.45, 7) is 7.31. The van der Waals surface area contributed by atoms with Crippen LogP contribution in [0.2, 0.25) is 0 Å². The van der Waals surface area contributed by atoms with Crippen molar-refractivity contribution >= 4 is 27.0 Å². The molecule has 0 amide bonds. The van der Waals surface area contributed by atoms with Crippen molar-refractivity contribution in [1.82, 2.24) is 4.31 Å². The summed E-state index contributed by atoms with van der Waals surface area (Å²) in [5, 5.41) is 0.716. The lowest BCUT2D eigenvalue weighted by atomic mass is 9.95. The van der Waals surface area contributed by atoms with Gasteiger partial charge < -0.3 is 13.9 Å². The lowest BCUT2D eigenvalue weighted by Crippen LogP contribution is -2.40. The first-order valence-corrected chi connectivity index (χ1v) is 12.5. The number of carbonyl (C=O) groups excluding carboxylic acids is 1. The Morgan fingerprint density at radius 3 is 2.41 bits per heavy atom. The van der Waals surface area contributed by atoms with Crippen molar-refractivity contribution < 1.29 is 27.1 Å². The van der Waals surface area contributed by atoms with Crippen molar-refractivity contribution in [2.75, 3.05) is 26.3 Å². The molecule has 8 nitrogen and oxygen atoms in total. The van der Waals surface area contributed by atoms with E-state index < -0.39 is 21.6 Å². The van der Waals surface area contributed by atoms with E-state index in [4.69, 9.17) is 13.9 Å². The molecule has 0 atom stereocenters. The van der Waals surface area contributed by atoms with Gasteiger partial charge in [-0.25, -0.2) is 18.0 Å². The Kier molecular flexibility index (Phi) is 6.88. The predicted octanol–water partition coefficient (Wildman–Crippen LogP) is 3.60. The maximum atomic E-state index is 12.8. The topological polar surface area (TPSA) is 103 Å². The van der Waals surface area contributed by atoms with Crippen molar-refractivity contribution in [3.8, 4) is 0 Å². The smallest absolute Gasteiger partial charge is 0.338 e. The molecule has 4 rings (SSSR count). The summed E-state index contributed by atoms with van der Waals surface area (Å²) in [6.07, 6.45) is 0. The summed E-state index contributed by atoms with van der Waals surface area (Å²) < 4.78 is 42.9. The van der Waals surface area contributed by atoms with E-state index in [1.54, 1.807) is 0 Å². The monoisotopic (exact) mass is 485 g/mol. The number of benzene rings is 2. The molecule has 0 radical (unpaired) electrons. The Labute approximate surface area is 198 Å². The van der Waals surface area contributed by atoms with E-state index in [0.717, 1.165) is 11.1 Å². The van der Waals surface area contributed by atoms with Gasteiger partial charge in [-0.15, -0.1) is 0 Å². The van der Waals surface area contributed by atoms with Gasteiger partial charge >= 0.3 is 11.6 Å². The number of nitrogens with zero attached hydrogens (tertiary/aromatic N) is 1. The molecule has 2 heterocycles. The van der Waals surface area contributed by atoms with Crippen LogP contribution in [0.3, 0.4) is 0 Å². The molecule has 0 saturated carbocycles. The summed E-state index contributed by atoms with van der Waals surface area (Å²) in [5.41, 5.74) is 2.82. The SMILES string of the molecule is Cc1cc2oc(=O)cc(COC(=O)c3ccc(S(=O)(=O)N4CCOCC4)cc3)c2cc1C(C)C. The number of hydrogen-bond acceptors (Lipinski definition) is 7. The van der Waals surface area contributed by atoms with Gasteiger partial charge in [0.05, 0.1) is 23.7 Å². The highest BCUT2D eigenvalue weighted by Gasteiger charge is 2.26. The molecule has 34 heavy (non-hydrogen) atoms. The molecule has 0 unspecified atom stereocenters. The Morgan fingerprint density at radius 2 is 1.76 bits per heavy atom. The summed E-state index contributed by atoms with van der Waals surface area (Å²) >= 11 is 0. The molecule has 0 spiro atoms. The summed E-state index contributed by atoms with van der Waals surface area (Å²) in [4.78, 5) is 24.8. The molecular formula is C25H27NO7S. The first kappa shape index (κ1) is 24.1. The number of hydrogen-bond donors (Lipinski definition) is 0. The van der Waals surface area contributed by atoms with Crippen molar-refractivity contribution in [2.24, 2.45) is 0 Å². The number of ether oxygens (including phenoxy) is 2. The molecule has 0 bridgehead atoms. The van der Waals surface area contributed by atoms with Crippen LogP contribution in [0.5, 0.6) is 0 Å². The van der Waals surface area contributed by atoms with Crippen LogP contribution in [0.1, 0.15) is 46.8 Å². The van der Waals surface area contributed by atoms with Crippen molar-refractivity contribution in [3.63, 3.8) is 0 Å². The number of carbonyl (C=O) groups is 1. The standard InChI is InChI=1S/C25H27NO7S/c1-16(2)21-14-22-19(13-24(27)33-23(22)12-17(21)3)15-32-25(28)18-4-6-20(7-5-18)34(29,30)26-8-10-31-11-9-26/h4-7,12-14,16H,8-11,15H2,1-3H3. The normalized spacial score (nSPS) is 15.1. The quantitative estimate of drug-likeness (QED) is 0.388. The van der Waals surface area contributed by atoms with Crippen LogP contribution in [-0.4, -0.2) is 45.0 Å². The number of fused-ring (bicyclic) bond motifs is 1. The van der Waals surface area contributed by atoms with E-state index in [-0.39, 0.29) is 23.0 Å². The van der Waals surface area contributed by atoms with E-state index >= 15 is 0 Å². The average molecular weight is 486 g/mol. The minimum Gasteiger partial charge on any atom is -0.457 e. The molecule has 0 aliphatic carbocycles. The first-order valence-electron chi connectivity index (χ1n) is 11.1. The molecule has 1 aliphatic heterocycles. The van der Waals surface area contributed by atoms with Gasteiger partial charge in [-0.2, -0.15) is 4.31 Å². The highest BCUT2D eigenvalue weighted by Crippen LogP contribution is 2.27. The fourth-order valence-electron chi connectivity index (χ4n) is 4.06. The molecule has 1 aromatic heterocycles. The molecular weight excluding hydrogens is 458 g/mol. The van der Waals surface area contributed by atoms with Gasteiger partial charge in [0.15, 0.2) is 0 Å². The zero-order chi connectivity index (χ0) is 24.5. The second-order valence-corrected chi connectivity index (χ2v) is 10.5. The highest BCUT2D eigenvalue weighted by atomic mass is 32.2. The molecule has 0 N–H and O–H groups in total. The third-order valence-corrected chi connectivity index (χ3v) is 7.81. The lowest BCUT2D eigenvalue weighted by molar-refractivity contribution is 0.0473. The van der Waals surface area contributed by atoms with Gasteiger partial charge in [-0.3, -0.25) is 0 Å². The van der Waals surface area contributed by atoms with Crippen LogP contribution in [-0.2, 0) is 26.1 Å².